The van der Waals surface area contributed by atoms with Gasteiger partial charge in [0.15, 0.2) is 5.76 Å². The number of hydrogen-bond donors (Lipinski definition) is 2. The van der Waals surface area contributed by atoms with Crippen LogP contribution in [0.3, 0.4) is 0 Å². The number of hydrogen-bond acceptors (Lipinski definition) is 5. The minimum absolute atomic E-state index is 0.0597. The zero-order chi connectivity index (χ0) is 16.5. The summed E-state index contributed by atoms with van der Waals surface area (Å²) in [5.41, 5.74) is 0. The normalized spacial score (nSPS) is 16.6. The summed E-state index contributed by atoms with van der Waals surface area (Å²) in [6.07, 6.45) is 2.34. The lowest BCUT2D eigenvalue weighted by molar-refractivity contribution is -0.908. The number of rotatable bonds is 6. The summed E-state index contributed by atoms with van der Waals surface area (Å²) in [6.45, 7) is 9.22. The number of carbonyl (C=O) groups excluding carboxylic acids is 1. The van der Waals surface area contributed by atoms with Crippen LogP contribution in [0.25, 0.3) is 0 Å². The molecule has 2 N–H and O–H groups in total. The van der Waals surface area contributed by atoms with E-state index >= 15 is 0 Å². The van der Waals surface area contributed by atoms with E-state index in [-0.39, 0.29) is 23.8 Å². The molecule has 0 saturated carbocycles. The Hall–Kier alpha value is -1.86. The molecule has 2 heterocycles. The number of furan rings is 1. The molecule has 0 atom stereocenters. The molecule has 1 aromatic heterocycles. The SMILES string of the molecule is CC(C)OC(=NCCC[NH+]1CCOCC1)NC(=O)c1ccco1. The van der Waals surface area contributed by atoms with Gasteiger partial charge in [-0.25, -0.2) is 4.99 Å². The van der Waals surface area contributed by atoms with Crippen LogP contribution >= 0.6 is 0 Å². The molecule has 0 radical (unpaired) electrons. The molecule has 1 saturated heterocycles. The lowest BCUT2D eigenvalue weighted by Crippen LogP contribution is -3.14. The minimum atomic E-state index is -0.354. The number of amides is 1. The van der Waals surface area contributed by atoms with Gasteiger partial charge in [-0.15, -0.1) is 0 Å². The van der Waals surface area contributed by atoms with Crippen LogP contribution in [0, 0.1) is 0 Å². The average molecular weight is 324 g/mol. The largest absolute Gasteiger partial charge is 0.462 e. The van der Waals surface area contributed by atoms with Gasteiger partial charge in [-0.1, -0.05) is 0 Å². The van der Waals surface area contributed by atoms with Crippen molar-refractivity contribution in [3.05, 3.63) is 24.2 Å². The van der Waals surface area contributed by atoms with Crippen molar-refractivity contribution in [1.82, 2.24) is 5.32 Å². The second-order valence-corrected chi connectivity index (χ2v) is 5.75. The topological polar surface area (TPSA) is 77.5 Å². The van der Waals surface area contributed by atoms with Gasteiger partial charge in [-0.05, 0) is 26.0 Å². The predicted molar refractivity (Wildman–Crippen MR) is 85.7 cm³/mol. The summed E-state index contributed by atoms with van der Waals surface area (Å²) >= 11 is 0. The fraction of sp³-hybridized carbons (Fsp3) is 0.625. The zero-order valence-electron chi connectivity index (χ0n) is 13.8. The molecule has 128 valence electrons. The molecule has 0 bridgehead atoms. The predicted octanol–water partition coefficient (Wildman–Crippen LogP) is 0.0956. The van der Waals surface area contributed by atoms with Crippen molar-refractivity contribution in [3.63, 3.8) is 0 Å². The second-order valence-electron chi connectivity index (χ2n) is 5.75. The molecule has 0 unspecified atom stereocenters. The summed E-state index contributed by atoms with van der Waals surface area (Å²) in [5, 5.41) is 2.66. The smallest absolute Gasteiger partial charge is 0.294 e. The van der Waals surface area contributed by atoms with Crippen molar-refractivity contribution in [2.45, 2.75) is 26.4 Å². The lowest BCUT2D eigenvalue weighted by Gasteiger charge is -2.23. The van der Waals surface area contributed by atoms with Crippen molar-refractivity contribution in [3.8, 4) is 0 Å². The molecule has 1 aliphatic heterocycles. The van der Waals surface area contributed by atoms with Gasteiger partial charge in [0.2, 0.25) is 0 Å². The molecule has 0 aliphatic carbocycles. The third-order valence-corrected chi connectivity index (χ3v) is 3.46. The molecule has 2 rings (SSSR count). The van der Waals surface area contributed by atoms with Crippen LogP contribution in [-0.4, -0.2) is 57.4 Å². The number of carbonyl (C=O) groups is 1. The van der Waals surface area contributed by atoms with Gasteiger partial charge in [-0.3, -0.25) is 10.1 Å². The van der Waals surface area contributed by atoms with E-state index in [4.69, 9.17) is 13.9 Å². The molecule has 1 amide bonds. The highest BCUT2D eigenvalue weighted by Gasteiger charge is 2.15. The maximum Gasteiger partial charge on any atom is 0.294 e. The van der Waals surface area contributed by atoms with Gasteiger partial charge < -0.3 is 18.8 Å². The fourth-order valence-electron chi connectivity index (χ4n) is 2.32. The van der Waals surface area contributed by atoms with Crippen molar-refractivity contribution in [1.29, 1.82) is 0 Å². The Labute approximate surface area is 136 Å². The number of morpholine rings is 1. The summed E-state index contributed by atoms with van der Waals surface area (Å²) in [6, 6.07) is 3.52. The standard InChI is InChI=1S/C16H25N3O4/c1-13(2)23-16(18-15(20)14-5-3-10-22-14)17-6-4-7-19-8-11-21-12-9-19/h3,5,10,13H,4,6-9,11-12H2,1-2H3,(H,17,18,20)/p+1. The quantitative estimate of drug-likeness (QED) is 0.442. The van der Waals surface area contributed by atoms with Crippen LogP contribution in [0.2, 0.25) is 0 Å². The van der Waals surface area contributed by atoms with Crippen molar-refractivity contribution >= 4 is 11.9 Å². The van der Waals surface area contributed by atoms with Crippen molar-refractivity contribution < 1.29 is 23.6 Å². The molecule has 0 spiro atoms. The van der Waals surface area contributed by atoms with Gasteiger partial charge in [0, 0.05) is 13.0 Å². The lowest BCUT2D eigenvalue weighted by atomic mass is 10.3. The highest BCUT2D eigenvalue weighted by Crippen LogP contribution is 2.00. The first kappa shape index (κ1) is 17.5. The van der Waals surface area contributed by atoms with Crippen LogP contribution in [0.1, 0.15) is 30.8 Å². The molecule has 0 aromatic carbocycles. The highest BCUT2D eigenvalue weighted by atomic mass is 16.5. The van der Waals surface area contributed by atoms with Crippen LogP contribution in [0.15, 0.2) is 27.8 Å². The molecule has 1 aromatic rings. The molecule has 23 heavy (non-hydrogen) atoms. The highest BCUT2D eigenvalue weighted by molar-refractivity contribution is 6.02. The van der Waals surface area contributed by atoms with E-state index < -0.39 is 0 Å². The van der Waals surface area contributed by atoms with E-state index in [1.165, 1.54) is 11.2 Å². The monoisotopic (exact) mass is 324 g/mol. The molecule has 1 fully saturated rings. The zero-order valence-corrected chi connectivity index (χ0v) is 13.8. The summed E-state index contributed by atoms with van der Waals surface area (Å²) in [5.74, 6) is -0.115. The molecular formula is C16H26N3O4+. The molecule has 7 nitrogen and oxygen atoms in total. The third-order valence-electron chi connectivity index (χ3n) is 3.46. The van der Waals surface area contributed by atoms with E-state index in [0.29, 0.717) is 6.54 Å². The molecule has 7 heteroatoms. The maximum atomic E-state index is 12.0. The second kappa shape index (κ2) is 9.32. The van der Waals surface area contributed by atoms with Gasteiger partial charge in [0.25, 0.3) is 11.9 Å². The van der Waals surface area contributed by atoms with Gasteiger partial charge in [0.05, 0.1) is 32.1 Å². The number of quaternary nitrogens is 1. The van der Waals surface area contributed by atoms with Crippen LogP contribution in [0.5, 0.6) is 0 Å². The molecule has 1 aliphatic rings. The fourth-order valence-corrected chi connectivity index (χ4v) is 2.32. The number of amidine groups is 1. The van der Waals surface area contributed by atoms with Crippen LogP contribution in [-0.2, 0) is 9.47 Å². The minimum Gasteiger partial charge on any atom is -0.462 e. The number of nitrogens with zero attached hydrogens (tertiary/aromatic N) is 1. The van der Waals surface area contributed by atoms with Crippen LogP contribution in [0.4, 0.5) is 0 Å². The first-order valence-electron chi connectivity index (χ1n) is 8.12. The number of aliphatic imine (C=N–C) groups is 1. The summed E-state index contributed by atoms with van der Waals surface area (Å²) in [7, 11) is 0. The van der Waals surface area contributed by atoms with E-state index in [9.17, 15) is 4.79 Å². The van der Waals surface area contributed by atoms with E-state index in [1.807, 2.05) is 13.8 Å². The Morgan fingerprint density at radius 3 is 2.87 bits per heavy atom. The Morgan fingerprint density at radius 2 is 2.22 bits per heavy atom. The van der Waals surface area contributed by atoms with Gasteiger partial charge in [-0.2, -0.15) is 0 Å². The summed E-state index contributed by atoms with van der Waals surface area (Å²) < 4.78 is 16.0. The Balaban J connectivity index is 1.80. The van der Waals surface area contributed by atoms with E-state index in [1.54, 1.807) is 12.1 Å². The summed E-state index contributed by atoms with van der Waals surface area (Å²) in [4.78, 5) is 17.9. The first-order chi connectivity index (χ1) is 11.1. The maximum absolute atomic E-state index is 12.0. The Bertz CT molecular complexity index is 493. The Morgan fingerprint density at radius 1 is 1.43 bits per heavy atom. The number of nitrogens with one attached hydrogen (secondary N) is 2. The Kier molecular flexibility index (Phi) is 7.09. The van der Waals surface area contributed by atoms with Crippen molar-refractivity contribution in [2.75, 3.05) is 39.4 Å². The molecular weight excluding hydrogens is 298 g/mol. The number of ether oxygens (including phenoxy) is 2. The average Bonchev–Trinajstić information content (AvgIpc) is 3.06. The van der Waals surface area contributed by atoms with Crippen molar-refractivity contribution in [2.24, 2.45) is 4.99 Å². The van der Waals surface area contributed by atoms with Crippen LogP contribution < -0.4 is 10.2 Å². The van der Waals surface area contributed by atoms with Gasteiger partial charge >= 0.3 is 0 Å². The van der Waals surface area contributed by atoms with Gasteiger partial charge in [0.1, 0.15) is 13.1 Å². The van der Waals surface area contributed by atoms with E-state index in [2.05, 4.69) is 10.3 Å². The van der Waals surface area contributed by atoms with E-state index in [0.717, 1.165) is 39.3 Å². The first-order valence-corrected chi connectivity index (χ1v) is 8.12. The third kappa shape index (κ3) is 6.42.